The first-order chi connectivity index (χ1) is 10.2. The van der Waals surface area contributed by atoms with Crippen molar-refractivity contribution in [3.05, 3.63) is 58.2 Å². The molecule has 0 amide bonds. The lowest BCUT2D eigenvalue weighted by atomic mass is 10.2. The molecular formula is C14H18N4O3. The number of imidazole rings is 1. The molecule has 1 N–H and O–H groups in total. The number of hydrogen-bond donors (Lipinski definition) is 1. The zero-order chi connectivity index (χ0) is 15.1. The quantitative estimate of drug-likeness (QED) is 0.453. The Morgan fingerprint density at radius 1 is 1.38 bits per heavy atom. The predicted octanol–water partition coefficient (Wildman–Crippen LogP) is 1.58. The number of nitrogens with one attached hydrogen (secondary N) is 1. The summed E-state index contributed by atoms with van der Waals surface area (Å²) >= 11 is 0. The molecule has 0 radical (unpaired) electrons. The number of nitro groups is 1. The largest absolute Gasteiger partial charge is 0.383 e. The van der Waals surface area contributed by atoms with Crippen molar-refractivity contribution in [2.75, 3.05) is 20.3 Å². The van der Waals surface area contributed by atoms with Crippen LogP contribution in [-0.4, -0.2) is 34.7 Å². The average Bonchev–Trinajstić information content (AvgIpc) is 2.91. The molecule has 1 aromatic heterocycles. The molecule has 0 saturated carbocycles. The minimum atomic E-state index is -0.397. The van der Waals surface area contributed by atoms with E-state index in [1.54, 1.807) is 25.4 Å². The van der Waals surface area contributed by atoms with Gasteiger partial charge in [-0.2, -0.15) is 0 Å². The molecule has 2 aromatic rings. The van der Waals surface area contributed by atoms with Gasteiger partial charge in [0.2, 0.25) is 0 Å². The number of nitrogens with zero attached hydrogens (tertiary/aromatic N) is 3. The summed E-state index contributed by atoms with van der Waals surface area (Å²) in [7, 11) is 1.66. The first-order valence-corrected chi connectivity index (χ1v) is 6.63. The van der Waals surface area contributed by atoms with E-state index in [0.29, 0.717) is 19.7 Å². The van der Waals surface area contributed by atoms with Crippen LogP contribution in [0, 0.1) is 10.1 Å². The third-order valence-electron chi connectivity index (χ3n) is 3.07. The maximum atomic E-state index is 10.6. The SMILES string of the molecule is COCCNCc1nccn1Cc1ccc([N+](=O)[O-])cc1. The predicted molar refractivity (Wildman–Crippen MR) is 78.0 cm³/mol. The van der Waals surface area contributed by atoms with Gasteiger partial charge in [0.05, 0.1) is 18.1 Å². The van der Waals surface area contributed by atoms with E-state index in [4.69, 9.17) is 4.74 Å². The first-order valence-electron chi connectivity index (χ1n) is 6.63. The van der Waals surface area contributed by atoms with Crippen LogP contribution in [-0.2, 0) is 17.8 Å². The number of aromatic nitrogens is 2. The molecule has 7 heteroatoms. The van der Waals surface area contributed by atoms with Crippen LogP contribution >= 0.6 is 0 Å². The Balaban J connectivity index is 1.96. The molecule has 7 nitrogen and oxygen atoms in total. The van der Waals surface area contributed by atoms with Gasteiger partial charge >= 0.3 is 0 Å². The monoisotopic (exact) mass is 290 g/mol. The first kappa shape index (κ1) is 15.1. The van der Waals surface area contributed by atoms with Crippen molar-refractivity contribution in [1.82, 2.24) is 14.9 Å². The van der Waals surface area contributed by atoms with Gasteiger partial charge in [-0.25, -0.2) is 4.98 Å². The van der Waals surface area contributed by atoms with Crippen LogP contribution in [0.15, 0.2) is 36.7 Å². The fraction of sp³-hybridized carbons (Fsp3) is 0.357. The summed E-state index contributed by atoms with van der Waals surface area (Å²) in [6, 6.07) is 6.56. The molecule has 0 bridgehead atoms. The second-order valence-corrected chi connectivity index (χ2v) is 4.56. The fourth-order valence-corrected chi connectivity index (χ4v) is 1.95. The third-order valence-corrected chi connectivity index (χ3v) is 3.07. The summed E-state index contributed by atoms with van der Waals surface area (Å²) < 4.78 is 6.99. The van der Waals surface area contributed by atoms with Gasteiger partial charge in [0.25, 0.3) is 5.69 Å². The van der Waals surface area contributed by atoms with Crippen molar-refractivity contribution in [3.63, 3.8) is 0 Å². The van der Waals surface area contributed by atoms with Crippen molar-refractivity contribution in [1.29, 1.82) is 0 Å². The minimum absolute atomic E-state index is 0.103. The van der Waals surface area contributed by atoms with Crippen molar-refractivity contribution in [2.45, 2.75) is 13.1 Å². The van der Waals surface area contributed by atoms with Gasteiger partial charge in [-0.15, -0.1) is 0 Å². The van der Waals surface area contributed by atoms with Crippen LogP contribution in [0.1, 0.15) is 11.4 Å². The number of hydrogen-bond acceptors (Lipinski definition) is 5. The number of nitro benzene ring substituents is 1. The molecule has 21 heavy (non-hydrogen) atoms. The lowest BCUT2D eigenvalue weighted by molar-refractivity contribution is -0.384. The third kappa shape index (κ3) is 4.37. The van der Waals surface area contributed by atoms with Gasteiger partial charge in [0.1, 0.15) is 5.82 Å². The highest BCUT2D eigenvalue weighted by Gasteiger charge is 2.06. The van der Waals surface area contributed by atoms with Crippen LogP contribution in [0.25, 0.3) is 0 Å². The zero-order valence-corrected chi connectivity index (χ0v) is 11.9. The molecule has 0 unspecified atom stereocenters. The van der Waals surface area contributed by atoms with E-state index in [0.717, 1.165) is 17.9 Å². The zero-order valence-electron chi connectivity index (χ0n) is 11.9. The normalized spacial score (nSPS) is 10.7. The molecule has 0 spiro atoms. The maximum Gasteiger partial charge on any atom is 0.269 e. The second-order valence-electron chi connectivity index (χ2n) is 4.56. The molecule has 0 aliphatic heterocycles. The summed E-state index contributed by atoms with van der Waals surface area (Å²) in [5.74, 6) is 0.921. The van der Waals surface area contributed by atoms with Gasteiger partial charge in [0.15, 0.2) is 0 Å². The van der Waals surface area contributed by atoms with Gasteiger partial charge in [-0.1, -0.05) is 12.1 Å². The Bertz CT molecular complexity index is 580. The van der Waals surface area contributed by atoms with Crippen LogP contribution in [0.4, 0.5) is 5.69 Å². The number of non-ortho nitro benzene ring substituents is 1. The van der Waals surface area contributed by atoms with Crippen LogP contribution in [0.3, 0.4) is 0 Å². The van der Waals surface area contributed by atoms with E-state index >= 15 is 0 Å². The van der Waals surface area contributed by atoms with E-state index in [-0.39, 0.29) is 5.69 Å². The van der Waals surface area contributed by atoms with Gasteiger partial charge < -0.3 is 14.6 Å². The van der Waals surface area contributed by atoms with E-state index in [1.165, 1.54) is 12.1 Å². The molecule has 0 saturated heterocycles. The molecule has 0 atom stereocenters. The standard InChI is InChI=1S/C14H18N4O3/c1-21-9-7-15-10-14-16-6-8-17(14)11-12-2-4-13(5-3-12)18(19)20/h2-6,8,15H,7,9-11H2,1H3. The van der Waals surface area contributed by atoms with Gasteiger partial charge in [-0.05, 0) is 5.56 Å². The highest BCUT2D eigenvalue weighted by molar-refractivity contribution is 5.33. The molecule has 0 aliphatic rings. The van der Waals surface area contributed by atoms with Gasteiger partial charge in [-0.3, -0.25) is 10.1 Å². The second kappa shape index (κ2) is 7.51. The Morgan fingerprint density at radius 3 is 2.81 bits per heavy atom. The van der Waals surface area contributed by atoms with Crippen LogP contribution in [0.5, 0.6) is 0 Å². The maximum absolute atomic E-state index is 10.6. The molecule has 0 fully saturated rings. The summed E-state index contributed by atoms with van der Waals surface area (Å²) in [6.45, 7) is 2.71. The topological polar surface area (TPSA) is 82.2 Å². The molecule has 2 rings (SSSR count). The molecule has 1 aromatic carbocycles. The molecule has 112 valence electrons. The molecular weight excluding hydrogens is 272 g/mol. The molecule has 1 heterocycles. The number of ether oxygens (including phenoxy) is 1. The lowest BCUT2D eigenvalue weighted by Crippen LogP contribution is -2.21. The smallest absolute Gasteiger partial charge is 0.269 e. The summed E-state index contributed by atoms with van der Waals surface area (Å²) in [6.07, 6.45) is 3.65. The fourth-order valence-electron chi connectivity index (χ4n) is 1.95. The Morgan fingerprint density at radius 2 is 2.14 bits per heavy atom. The summed E-state index contributed by atoms with van der Waals surface area (Å²) in [4.78, 5) is 14.5. The van der Waals surface area contributed by atoms with E-state index in [2.05, 4.69) is 10.3 Å². The van der Waals surface area contributed by atoms with E-state index in [1.807, 2.05) is 10.8 Å². The highest BCUT2D eigenvalue weighted by Crippen LogP contribution is 2.13. The average molecular weight is 290 g/mol. The summed E-state index contributed by atoms with van der Waals surface area (Å²) in [5.41, 5.74) is 1.10. The lowest BCUT2D eigenvalue weighted by Gasteiger charge is -2.09. The Hall–Kier alpha value is -2.25. The van der Waals surface area contributed by atoms with Crippen LogP contribution in [0.2, 0.25) is 0 Å². The van der Waals surface area contributed by atoms with Crippen LogP contribution < -0.4 is 5.32 Å². The Kier molecular flexibility index (Phi) is 5.42. The van der Waals surface area contributed by atoms with Gasteiger partial charge in [0, 0.05) is 44.7 Å². The highest BCUT2D eigenvalue weighted by atomic mass is 16.6. The van der Waals surface area contributed by atoms with Crippen molar-refractivity contribution in [3.8, 4) is 0 Å². The Labute approximate surface area is 122 Å². The van der Waals surface area contributed by atoms with Crippen molar-refractivity contribution < 1.29 is 9.66 Å². The number of methoxy groups -OCH3 is 1. The van der Waals surface area contributed by atoms with Crippen molar-refractivity contribution in [2.24, 2.45) is 0 Å². The summed E-state index contributed by atoms with van der Waals surface area (Å²) in [5, 5.41) is 13.9. The molecule has 0 aliphatic carbocycles. The van der Waals surface area contributed by atoms with Crippen molar-refractivity contribution >= 4 is 5.69 Å². The minimum Gasteiger partial charge on any atom is -0.383 e. The van der Waals surface area contributed by atoms with E-state index in [9.17, 15) is 10.1 Å². The number of benzene rings is 1. The number of rotatable bonds is 8. The van der Waals surface area contributed by atoms with E-state index < -0.39 is 4.92 Å².